The Hall–Kier alpha value is -0.420. The maximum Gasteiger partial charge on any atom is 0.160 e. The molecule has 0 aromatic carbocycles. The van der Waals surface area contributed by atoms with Gasteiger partial charge in [0, 0.05) is 17.8 Å². The highest BCUT2D eigenvalue weighted by Gasteiger charge is 2.32. The van der Waals surface area contributed by atoms with Gasteiger partial charge in [0.2, 0.25) is 0 Å². The molecule has 2 aliphatic heterocycles. The normalized spacial score (nSPS) is 37.4. The highest BCUT2D eigenvalue weighted by Crippen LogP contribution is 2.36. The second-order valence-electron chi connectivity index (χ2n) is 9.12. The van der Waals surface area contributed by atoms with Crippen LogP contribution < -0.4 is 0 Å². The van der Waals surface area contributed by atoms with Crippen LogP contribution in [0.4, 0.5) is 0 Å². The molecule has 0 aromatic heterocycles. The Labute approximate surface area is 172 Å². The van der Waals surface area contributed by atoms with Crippen LogP contribution >= 0.6 is 0 Å². The first kappa shape index (κ1) is 22.3. The van der Waals surface area contributed by atoms with Crippen LogP contribution in [-0.2, 0) is 18.9 Å². The Morgan fingerprint density at radius 2 is 1.43 bits per heavy atom. The molecule has 1 aliphatic carbocycles. The molecule has 0 atom stereocenters. The first-order valence-electron chi connectivity index (χ1n) is 11.9. The summed E-state index contributed by atoms with van der Waals surface area (Å²) in [4.78, 5) is 0. The Bertz CT molecular complexity index is 428. The van der Waals surface area contributed by atoms with Gasteiger partial charge in [-0.15, -0.1) is 0 Å². The molecule has 4 nitrogen and oxygen atoms in total. The van der Waals surface area contributed by atoms with Gasteiger partial charge < -0.3 is 18.9 Å². The molecule has 3 rings (SSSR count). The van der Waals surface area contributed by atoms with Crippen molar-refractivity contribution in [2.75, 3.05) is 26.4 Å². The summed E-state index contributed by atoms with van der Waals surface area (Å²) in [5.74, 6) is 2.44. The molecule has 0 radical (unpaired) electrons. The van der Waals surface area contributed by atoms with Crippen LogP contribution in [0.2, 0.25) is 0 Å². The zero-order valence-electron chi connectivity index (χ0n) is 18.2. The number of hydrogen-bond acceptors (Lipinski definition) is 4. The van der Waals surface area contributed by atoms with Gasteiger partial charge in [0.15, 0.2) is 12.6 Å². The Balaban J connectivity index is 1.26. The molecule has 2 heterocycles. The van der Waals surface area contributed by atoms with Crippen LogP contribution in [0.1, 0.15) is 78.1 Å². The van der Waals surface area contributed by atoms with Crippen molar-refractivity contribution in [3.8, 4) is 0 Å². The molecule has 3 fully saturated rings. The molecule has 28 heavy (non-hydrogen) atoms. The fourth-order valence-corrected chi connectivity index (χ4v) is 4.82. The molecule has 0 amide bonds. The molecular weight excluding hydrogens is 352 g/mol. The van der Waals surface area contributed by atoms with Gasteiger partial charge in [0.25, 0.3) is 0 Å². The minimum absolute atomic E-state index is 0.0386. The molecular formula is C24H42O4. The minimum atomic E-state index is -0.0533. The third-order valence-corrected chi connectivity index (χ3v) is 6.63. The first-order valence-corrected chi connectivity index (χ1v) is 11.9. The second-order valence-corrected chi connectivity index (χ2v) is 9.12. The average Bonchev–Trinajstić information content (AvgIpc) is 2.75. The molecule has 3 aliphatic rings. The molecule has 4 heteroatoms. The summed E-state index contributed by atoms with van der Waals surface area (Å²) in [5.41, 5.74) is 0. The SMILES string of the molecule is CCCC=C[C@H]1CO[C@H](CC[C@H]2CO[C@H]([C@H]3CC[C@H](CCC)CC3)OC2)OC1. The molecule has 0 bridgehead atoms. The van der Waals surface area contributed by atoms with Gasteiger partial charge in [0.05, 0.1) is 26.4 Å². The summed E-state index contributed by atoms with van der Waals surface area (Å²) >= 11 is 0. The Morgan fingerprint density at radius 3 is 2.07 bits per heavy atom. The van der Waals surface area contributed by atoms with Crippen molar-refractivity contribution in [2.45, 2.75) is 90.6 Å². The van der Waals surface area contributed by atoms with Gasteiger partial charge >= 0.3 is 0 Å². The van der Waals surface area contributed by atoms with E-state index in [1.54, 1.807) is 0 Å². The first-order chi connectivity index (χ1) is 13.8. The molecule has 0 spiro atoms. The van der Waals surface area contributed by atoms with Crippen LogP contribution in [0.15, 0.2) is 12.2 Å². The maximum atomic E-state index is 6.12. The maximum absolute atomic E-state index is 6.12. The van der Waals surface area contributed by atoms with E-state index in [4.69, 9.17) is 18.9 Å². The summed E-state index contributed by atoms with van der Waals surface area (Å²) < 4.78 is 24.1. The van der Waals surface area contributed by atoms with Gasteiger partial charge in [-0.2, -0.15) is 0 Å². The van der Waals surface area contributed by atoms with E-state index >= 15 is 0 Å². The van der Waals surface area contributed by atoms with Crippen molar-refractivity contribution in [1.82, 2.24) is 0 Å². The molecule has 0 N–H and O–H groups in total. The smallest absolute Gasteiger partial charge is 0.160 e. The van der Waals surface area contributed by atoms with E-state index in [9.17, 15) is 0 Å². The predicted octanol–water partition coefficient (Wildman–Crippen LogP) is 5.71. The van der Waals surface area contributed by atoms with Gasteiger partial charge in [0.1, 0.15) is 0 Å². The lowest BCUT2D eigenvalue weighted by atomic mass is 9.79. The van der Waals surface area contributed by atoms with E-state index in [-0.39, 0.29) is 12.6 Å². The monoisotopic (exact) mass is 394 g/mol. The van der Waals surface area contributed by atoms with Gasteiger partial charge in [-0.25, -0.2) is 0 Å². The molecule has 162 valence electrons. The number of ether oxygens (including phenoxy) is 4. The third kappa shape index (κ3) is 7.12. The van der Waals surface area contributed by atoms with Crippen LogP contribution in [0.25, 0.3) is 0 Å². The fraction of sp³-hybridized carbons (Fsp3) is 0.917. The summed E-state index contributed by atoms with van der Waals surface area (Å²) in [6, 6.07) is 0. The Kier molecular flexibility index (Phi) is 9.79. The topological polar surface area (TPSA) is 36.9 Å². The average molecular weight is 395 g/mol. The summed E-state index contributed by atoms with van der Waals surface area (Å²) in [7, 11) is 0. The summed E-state index contributed by atoms with van der Waals surface area (Å²) in [6.45, 7) is 7.72. The predicted molar refractivity (Wildman–Crippen MR) is 112 cm³/mol. The lowest BCUT2D eigenvalue weighted by Crippen LogP contribution is -2.39. The fourth-order valence-electron chi connectivity index (χ4n) is 4.82. The molecule has 1 saturated carbocycles. The van der Waals surface area contributed by atoms with Crippen molar-refractivity contribution >= 4 is 0 Å². The van der Waals surface area contributed by atoms with Crippen molar-refractivity contribution in [3.05, 3.63) is 12.2 Å². The number of hydrogen-bond donors (Lipinski definition) is 0. The quantitative estimate of drug-likeness (QED) is 0.470. The van der Waals surface area contributed by atoms with Crippen LogP contribution in [0, 0.1) is 23.7 Å². The van der Waals surface area contributed by atoms with E-state index in [1.807, 2.05) is 0 Å². The van der Waals surface area contributed by atoms with Crippen molar-refractivity contribution in [2.24, 2.45) is 23.7 Å². The number of rotatable bonds is 9. The summed E-state index contributed by atoms with van der Waals surface area (Å²) in [5, 5.41) is 0. The number of allylic oxidation sites excluding steroid dienone is 1. The molecule has 0 unspecified atom stereocenters. The van der Waals surface area contributed by atoms with E-state index in [0.717, 1.165) is 51.6 Å². The minimum Gasteiger partial charge on any atom is -0.352 e. The van der Waals surface area contributed by atoms with Crippen molar-refractivity contribution < 1.29 is 18.9 Å². The van der Waals surface area contributed by atoms with Crippen LogP contribution in [-0.4, -0.2) is 39.0 Å². The van der Waals surface area contributed by atoms with Crippen LogP contribution in [0.3, 0.4) is 0 Å². The lowest BCUT2D eigenvalue weighted by molar-refractivity contribution is -0.235. The lowest BCUT2D eigenvalue weighted by Gasteiger charge is -2.38. The largest absolute Gasteiger partial charge is 0.352 e. The van der Waals surface area contributed by atoms with Crippen molar-refractivity contribution in [1.29, 1.82) is 0 Å². The molecule has 0 aromatic rings. The second kappa shape index (κ2) is 12.3. The van der Waals surface area contributed by atoms with E-state index in [1.165, 1.54) is 44.9 Å². The standard InChI is InChI=1S/C24H42O4/c1-3-5-6-8-20-15-25-23(26-16-20)14-11-21-17-27-24(28-18-21)22-12-9-19(7-4-2)10-13-22/h6,8,19-24H,3-5,7,9-18H2,1-2H3/t19-,20-,21-,22-,23-,24-. The summed E-state index contributed by atoms with van der Waals surface area (Å²) in [6.07, 6.45) is 16.8. The zero-order chi connectivity index (χ0) is 19.6. The van der Waals surface area contributed by atoms with E-state index in [2.05, 4.69) is 26.0 Å². The highest BCUT2D eigenvalue weighted by molar-refractivity contribution is 4.89. The van der Waals surface area contributed by atoms with Crippen molar-refractivity contribution in [3.63, 3.8) is 0 Å². The van der Waals surface area contributed by atoms with E-state index in [0.29, 0.717) is 17.8 Å². The molecule has 2 saturated heterocycles. The van der Waals surface area contributed by atoms with Gasteiger partial charge in [-0.1, -0.05) is 45.3 Å². The van der Waals surface area contributed by atoms with Crippen LogP contribution in [0.5, 0.6) is 0 Å². The highest BCUT2D eigenvalue weighted by atomic mass is 16.7. The zero-order valence-corrected chi connectivity index (χ0v) is 18.2. The van der Waals surface area contributed by atoms with Gasteiger partial charge in [-0.05, 0) is 50.9 Å². The van der Waals surface area contributed by atoms with Gasteiger partial charge in [-0.3, -0.25) is 0 Å². The van der Waals surface area contributed by atoms with E-state index < -0.39 is 0 Å². The number of unbranched alkanes of at least 4 members (excludes halogenated alkanes) is 1. The third-order valence-electron chi connectivity index (χ3n) is 6.63. The Morgan fingerprint density at radius 1 is 0.714 bits per heavy atom.